The van der Waals surface area contributed by atoms with Crippen molar-refractivity contribution in [1.82, 2.24) is 14.5 Å². The maximum Gasteiger partial charge on any atom is 0.178 e. The summed E-state index contributed by atoms with van der Waals surface area (Å²) in [5.74, 6) is 0. The molecule has 104 valence electrons. The van der Waals surface area contributed by atoms with Gasteiger partial charge in [0.05, 0.1) is 11.0 Å². The molecule has 0 aliphatic heterocycles. The molecule has 4 heteroatoms. The Kier molecular flexibility index (Phi) is 4.42. The lowest BCUT2D eigenvalue weighted by molar-refractivity contribution is 0.262. The minimum Gasteiger partial charge on any atom is -0.331 e. The molecule has 19 heavy (non-hydrogen) atoms. The second-order valence-corrected chi connectivity index (χ2v) is 5.49. The van der Waals surface area contributed by atoms with Crippen LogP contribution in [0.15, 0.2) is 18.2 Å². The number of fused-ring (bicyclic) bond motifs is 1. The van der Waals surface area contributed by atoms with Gasteiger partial charge in [0.25, 0.3) is 0 Å². The minimum absolute atomic E-state index is 0.377. The molecule has 0 radical (unpaired) electrons. The normalized spacial score (nSPS) is 13.3. The van der Waals surface area contributed by atoms with E-state index in [-0.39, 0.29) is 0 Å². The topological polar surface area (TPSA) is 24.0 Å². The van der Waals surface area contributed by atoms with Crippen molar-refractivity contribution in [2.45, 2.75) is 33.7 Å². The summed E-state index contributed by atoms with van der Waals surface area (Å²) in [4.78, 5) is 5.75. The number of rotatable bonds is 5. The molecule has 1 atom stereocenters. The van der Waals surface area contributed by atoms with Crippen molar-refractivity contribution in [3.8, 4) is 0 Å². The molecule has 0 spiro atoms. The molecule has 0 saturated carbocycles. The zero-order valence-electron chi connectivity index (χ0n) is 12.2. The lowest BCUT2D eigenvalue weighted by Crippen LogP contribution is -2.29. The highest BCUT2D eigenvalue weighted by atomic mass is 32.1. The largest absolute Gasteiger partial charge is 0.331 e. The Balaban J connectivity index is 2.44. The van der Waals surface area contributed by atoms with Crippen LogP contribution in [-0.2, 0) is 0 Å². The predicted molar refractivity (Wildman–Crippen MR) is 84.4 cm³/mol. The van der Waals surface area contributed by atoms with Crippen LogP contribution in [0, 0.1) is 11.7 Å². The lowest BCUT2D eigenvalue weighted by Gasteiger charge is -2.24. The summed E-state index contributed by atoms with van der Waals surface area (Å²) in [6.07, 6.45) is 0. The highest BCUT2D eigenvalue weighted by Crippen LogP contribution is 2.22. The van der Waals surface area contributed by atoms with E-state index in [1.807, 2.05) is 0 Å². The van der Waals surface area contributed by atoms with Crippen molar-refractivity contribution in [3.05, 3.63) is 28.5 Å². The van der Waals surface area contributed by atoms with Gasteiger partial charge in [-0.25, -0.2) is 0 Å². The molecule has 0 fully saturated rings. The standard InChI is InChI=1S/C15H23N3S/c1-5-17(6-2)10-12(4)18-14-11(3)8-7-9-13(14)16-15(18)19/h7-9,12H,5-6,10H2,1-4H3,(H,16,19). The molecule has 1 N–H and O–H groups in total. The number of hydrogen-bond acceptors (Lipinski definition) is 2. The fourth-order valence-electron chi connectivity index (χ4n) is 2.71. The second kappa shape index (κ2) is 5.88. The Bertz CT molecular complexity index is 607. The van der Waals surface area contributed by atoms with Crippen LogP contribution < -0.4 is 0 Å². The van der Waals surface area contributed by atoms with E-state index in [0.29, 0.717) is 6.04 Å². The first-order valence-corrected chi connectivity index (χ1v) is 7.41. The zero-order chi connectivity index (χ0) is 14.0. The van der Waals surface area contributed by atoms with Crippen molar-refractivity contribution in [3.63, 3.8) is 0 Å². The highest BCUT2D eigenvalue weighted by Gasteiger charge is 2.14. The molecule has 1 heterocycles. The number of aromatic nitrogens is 2. The second-order valence-electron chi connectivity index (χ2n) is 5.11. The molecule has 3 nitrogen and oxygen atoms in total. The molecule has 1 aromatic heterocycles. The number of hydrogen-bond donors (Lipinski definition) is 1. The first kappa shape index (κ1) is 14.3. The van der Waals surface area contributed by atoms with Gasteiger partial charge in [0, 0.05) is 12.6 Å². The molecule has 0 aliphatic carbocycles. The van der Waals surface area contributed by atoms with Crippen molar-refractivity contribution < 1.29 is 0 Å². The molecule has 0 saturated heterocycles. The number of nitrogens with zero attached hydrogens (tertiary/aromatic N) is 2. The van der Waals surface area contributed by atoms with Crippen molar-refractivity contribution in [2.24, 2.45) is 0 Å². The molecule has 0 amide bonds. The van der Waals surface area contributed by atoms with Gasteiger partial charge in [-0.2, -0.15) is 0 Å². The van der Waals surface area contributed by atoms with Gasteiger partial charge in [-0.1, -0.05) is 26.0 Å². The molecule has 2 aromatic rings. The van der Waals surface area contributed by atoms with Crippen LogP contribution in [0.25, 0.3) is 11.0 Å². The third kappa shape index (κ3) is 2.74. The van der Waals surface area contributed by atoms with Crippen LogP contribution in [0.3, 0.4) is 0 Å². The predicted octanol–water partition coefficient (Wildman–Crippen LogP) is 3.91. The average molecular weight is 277 g/mol. The van der Waals surface area contributed by atoms with E-state index in [1.54, 1.807) is 0 Å². The fourth-order valence-corrected chi connectivity index (χ4v) is 3.10. The van der Waals surface area contributed by atoms with Crippen LogP contribution in [0.5, 0.6) is 0 Å². The van der Waals surface area contributed by atoms with Crippen LogP contribution in [0.2, 0.25) is 0 Å². The van der Waals surface area contributed by atoms with Crippen molar-refractivity contribution in [1.29, 1.82) is 0 Å². The summed E-state index contributed by atoms with van der Waals surface area (Å²) in [5, 5.41) is 0. The Morgan fingerprint density at radius 2 is 2.00 bits per heavy atom. The zero-order valence-corrected chi connectivity index (χ0v) is 13.0. The van der Waals surface area contributed by atoms with E-state index in [9.17, 15) is 0 Å². The number of imidazole rings is 1. The van der Waals surface area contributed by atoms with Crippen molar-refractivity contribution >= 4 is 23.3 Å². The summed E-state index contributed by atoms with van der Waals surface area (Å²) >= 11 is 5.50. The van der Waals surface area contributed by atoms with E-state index >= 15 is 0 Å². The smallest absolute Gasteiger partial charge is 0.178 e. The summed E-state index contributed by atoms with van der Waals surface area (Å²) in [7, 11) is 0. The number of H-pyrrole nitrogens is 1. The van der Waals surface area contributed by atoms with Crippen LogP contribution in [0.4, 0.5) is 0 Å². The maximum atomic E-state index is 5.50. The van der Waals surface area contributed by atoms with Gasteiger partial charge in [0.1, 0.15) is 0 Å². The molecule has 0 bridgehead atoms. The molecule has 2 rings (SSSR count). The van der Waals surface area contributed by atoms with Gasteiger partial charge < -0.3 is 14.5 Å². The highest BCUT2D eigenvalue weighted by molar-refractivity contribution is 7.71. The Morgan fingerprint density at radius 3 is 2.63 bits per heavy atom. The van der Waals surface area contributed by atoms with Gasteiger partial charge >= 0.3 is 0 Å². The average Bonchev–Trinajstić information content (AvgIpc) is 2.73. The van der Waals surface area contributed by atoms with Gasteiger partial charge in [0.15, 0.2) is 4.77 Å². The molecular weight excluding hydrogens is 254 g/mol. The van der Waals surface area contributed by atoms with Crippen LogP contribution >= 0.6 is 12.2 Å². The monoisotopic (exact) mass is 277 g/mol. The van der Waals surface area contributed by atoms with E-state index < -0.39 is 0 Å². The number of para-hydroxylation sites is 1. The summed E-state index contributed by atoms with van der Waals surface area (Å²) in [6, 6.07) is 6.69. The van der Waals surface area contributed by atoms with Gasteiger partial charge in [-0.3, -0.25) is 0 Å². The van der Waals surface area contributed by atoms with Crippen LogP contribution in [0.1, 0.15) is 32.4 Å². The number of aromatic amines is 1. The van der Waals surface area contributed by atoms with E-state index in [2.05, 4.69) is 60.3 Å². The molecule has 0 aliphatic rings. The molecule has 1 aromatic carbocycles. The summed E-state index contributed by atoms with van der Waals surface area (Å²) < 4.78 is 3.09. The third-order valence-electron chi connectivity index (χ3n) is 3.80. The Labute approximate surface area is 120 Å². The van der Waals surface area contributed by atoms with Gasteiger partial charge in [0.2, 0.25) is 0 Å². The summed E-state index contributed by atoms with van der Waals surface area (Å²) in [5.41, 5.74) is 3.65. The fraction of sp³-hybridized carbons (Fsp3) is 0.533. The van der Waals surface area contributed by atoms with Gasteiger partial charge in [-0.15, -0.1) is 0 Å². The van der Waals surface area contributed by atoms with E-state index in [0.717, 1.165) is 29.9 Å². The number of nitrogens with one attached hydrogen (secondary N) is 1. The van der Waals surface area contributed by atoms with Crippen molar-refractivity contribution in [2.75, 3.05) is 19.6 Å². The molecule has 1 unspecified atom stereocenters. The number of aryl methyl sites for hydroxylation is 1. The maximum absolute atomic E-state index is 5.50. The summed E-state index contributed by atoms with van der Waals surface area (Å²) in [6.45, 7) is 12.0. The lowest BCUT2D eigenvalue weighted by atomic mass is 10.2. The number of benzene rings is 1. The van der Waals surface area contributed by atoms with E-state index in [1.165, 1.54) is 11.1 Å². The van der Waals surface area contributed by atoms with Crippen LogP contribution in [-0.4, -0.2) is 34.1 Å². The Morgan fingerprint density at radius 1 is 1.32 bits per heavy atom. The first-order valence-electron chi connectivity index (χ1n) is 7.00. The first-order chi connectivity index (χ1) is 9.08. The van der Waals surface area contributed by atoms with E-state index in [4.69, 9.17) is 12.2 Å². The quantitative estimate of drug-likeness (QED) is 0.838. The SMILES string of the molecule is CCN(CC)CC(C)n1c(=S)[nH]c2cccc(C)c21. The van der Waals surface area contributed by atoms with Gasteiger partial charge in [-0.05, 0) is 50.8 Å². The third-order valence-corrected chi connectivity index (χ3v) is 4.10. The number of likely N-dealkylation sites (N-methyl/N-ethyl adjacent to an activating group) is 1. The molecular formula is C15H23N3S. The minimum atomic E-state index is 0.377. The Hall–Kier alpha value is -1.13.